The van der Waals surface area contributed by atoms with Gasteiger partial charge in [0.1, 0.15) is 23.8 Å². The topological polar surface area (TPSA) is 77.1 Å². The zero-order chi connectivity index (χ0) is 19.4. The number of methoxy groups -OCH3 is 2. The molecule has 1 aliphatic heterocycles. The minimum absolute atomic E-state index is 0.159. The maximum absolute atomic E-state index is 12.6. The van der Waals surface area contributed by atoms with Gasteiger partial charge in [-0.05, 0) is 12.1 Å². The van der Waals surface area contributed by atoms with Crippen molar-refractivity contribution in [1.82, 2.24) is 0 Å². The SMILES string of the molecule is COc1cc(NC(=O)CN2C(=O)CCOc3ccccc32)c(OC)cc1Cl. The minimum Gasteiger partial charge on any atom is -0.495 e. The van der Waals surface area contributed by atoms with E-state index >= 15 is 0 Å². The summed E-state index contributed by atoms with van der Waals surface area (Å²) in [6, 6.07) is 10.2. The van der Waals surface area contributed by atoms with Gasteiger partial charge in [-0.3, -0.25) is 14.5 Å². The maximum atomic E-state index is 12.6. The number of anilines is 2. The van der Waals surface area contributed by atoms with E-state index in [1.807, 2.05) is 6.07 Å². The molecule has 27 heavy (non-hydrogen) atoms. The molecule has 0 radical (unpaired) electrons. The van der Waals surface area contributed by atoms with E-state index < -0.39 is 0 Å². The van der Waals surface area contributed by atoms with Gasteiger partial charge in [0.25, 0.3) is 0 Å². The van der Waals surface area contributed by atoms with E-state index in [4.69, 9.17) is 25.8 Å². The molecule has 0 unspecified atom stereocenters. The van der Waals surface area contributed by atoms with Crippen molar-refractivity contribution in [2.24, 2.45) is 0 Å². The second kappa shape index (κ2) is 8.18. The van der Waals surface area contributed by atoms with Crippen molar-refractivity contribution in [2.75, 3.05) is 37.6 Å². The number of hydrogen-bond donors (Lipinski definition) is 1. The first kappa shape index (κ1) is 18.8. The second-order valence-corrected chi connectivity index (χ2v) is 6.19. The molecule has 8 heteroatoms. The number of amides is 2. The van der Waals surface area contributed by atoms with Gasteiger partial charge >= 0.3 is 0 Å². The van der Waals surface area contributed by atoms with Gasteiger partial charge in [0.2, 0.25) is 11.8 Å². The highest BCUT2D eigenvalue weighted by atomic mass is 35.5. The number of carbonyl (C=O) groups is 2. The molecule has 2 aromatic carbocycles. The van der Waals surface area contributed by atoms with Crippen LogP contribution in [-0.2, 0) is 9.59 Å². The third-order valence-electron chi connectivity index (χ3n) is 4.08. The summed E-state index contributed by atoms with van der Waals surface area (Å²) in [7, 11) is 2.95. The summed E-state index contributed by atoms with van der Waals surface area (Å²) in [6.07, 6.45) is 0.194. The smallest absolute Gasteiger partial charge is 0.244 e. The molecule has 0 aromatic heterocycles. The third kappa shape index (κ3) is 4.09. The molecular formula is C19H19ClN2O5. The first-order valence-corrected chi connectivity index (χ1v) is 8.65. The Morgan fingerprint density at radius 1 is 1.22 bits per heavy atom. The number of carbonyl (C=O) groups excluding carboxylic acids is 2. The Kier molecular flexibility index (Phi) is 5.71. The standard InChI is InChI=1S/C19H19ClN2O5/c1-25-16-10-13(17(26-2)9-12(16)20)21-18(23)11-22-14-5-3-4-6-15(14)27-8-7-19(22)24/h3-6,9-10H,7-8,11H2,1-2H3,(H,21,23). The summed E-state index contributed by atoms with van der Waals surface area (Å²) in [4.78, 5) is 26.5. The molecule has 3 rings (SSSR count). The molecule has 0 aliphatic carbocycles. The van der Waals surface area contributed by atoms with Crippen LogP contribution in [0.3, 0.4) is 0 Å². The van der Waals surface area contributed by atoms with E-state index in [0.29, 0.717) is 33.6 Å². The van der Waals surface area contributed by atoms with Crippen molar-refractivity contribution in [2.45, 2.75) is 6.42 Å². The Morgan fingerprint density at radius 2 is 1.96 bits per heavy atom. The highest BCUT2D eigenvalue weighted by Gasteiger charge is 2.25. The van der Waals surface area contributed by atoms with Crippen LogP contribution in [-0.4, -0.2) is 39.2 Å². The number of benzene rings is 2. The van der Waals surface area contributed by atoms with Gasteiger partial charge in [-0.1, -0.05) is 23.7 Å². The van der Waals surface area contributed by atoms with Crippen LogP contribution in [0.15, 0.2) is 36.4 Å². The number of halogens is 1. The van der Waals surface area contributed by atoms with Gasteiger partial charge < -0.3 is 19.5 Å². The first-order valence-electron chi connectivity index (χ1n) is 8.27. The molecule has 0 saturated carbocycles. The summed E-state index contributed by atoms with van der Waals surface area (Å²) in [6.45, 7) is 0.115. The second-order valence-electron chi connectivity index (χ2n) is 5.78. The van der Waals surface area contributed by atoms with Crippen LogP contribution >= 0.6 is 11.6 Å². The van der Waals surface area contributed by atoms with Gasteiger partial charge in [-0.2, -0.15) is 0 Å². The molecule has 1 aliphatic rings. The number of fused-ring (bicyclic) bond motifs is 1. The Bertz CT molecular complexity index is 871. The number of hydrogen-bond acceptors (Lipinski definition) is 5. The number of nitrogens with one attached hydrogen (secondary N) is 1. The fourth-order valence-corrected chi connectivity index (χ4v) is 3.02. The van der Waals surface area contributed by atoms with Crippen molar-refractivity contribution in [3.05, 3.63) is 41.4 Å². The Hall–Kier alpha value is -2.93. The van der Waals surface area contributed by atoms with E-state index in [0.717, 1.165) is 0 Å². The van der Waals surface area contributed by atoms with Crippen molar-refractivity contribution < 1.29 is 23.8 Å². The summed E-state index contributed by atoms with van der Waals surface area (Å²) < 4.78 is 16.0. The van der Waals surface area contributed by atoms with Crippen LogP contribution in [0, 0.1) is 0 Å². The average Bonchev–Trinajstić information content (AvgIpc) is 2.82. The van der Waals surface area contributed by atoms with Crippen molar-refractivity contribution in [1.29, 1.82) is 0 Å². The number of ether oxygens (including phenoxy) is 3. The molecule has 2 aromatic rings. The fourth-order valence-electron chi connectivity index (χ4n) is 2.78. The van der Waals surface area contributed by atoms with Crippen LogP contribution < -0.4 is 24.4 Å². The Morgan fingerprint density at radius 3 is 2.70 bits per heavy atom. The lowest BCUT2D eigenvalue weighted by Gasteiger charge is -2.21. The van der Waals surface area contributed by atoms with Crippen molar-refractivity contribution >= 4 is 34.8 Å². The van der Waals surface area contributed by atoms with Gasteiger partial charge in [0.15, 0.2) is 0 Å². The molecule has 0 atom stereocenters. The monoisotopic (exact) mass is 390 g/mol. The van der Waals surface area contributed by atoms with E-state index in [1.54, 1.807) is 30.3 Å². The van der Waals surface area contributed by atoms with Crippen LogP contribution in [0.1, 0.15) is 6.42 Å². The summed E-state index contributed by atoms with van der Waals surface area (Å²) in [5, 5.41) is 3.11. The summed E-state index contributed by atoms with van der Waals surface area (Å²) in [5.74, 6) is 0.790. The molecular weight excluding hydrogens is 372 g/mol. The molecule has 2 amide bonds. The summed E-state index contributed by atoms with van der Waals surface area (Å²) >= 11 is 6.08. The lowest BCUT2D eigenvalue weighted by molar-refractivity contribution is -0.121. The highest BCUT2D eigenvalue weighted by molar-refractivity contribution is 6.32. The predicted molar refractivity (Wildman–Crippen MR) is 102 cm³/mol. The molecule has 0 spiro atoms. The number of para-hydroxylation sites is 2. The van der Waals surface area contributed by atoms with E-state index in [9.17, 15) is 9.59 Å². The first-order chi connectivity index (χ1) is 13.0. The normalized spacial score (nSPS) is 13.3. The fraction of sp³-hybridized carbons (Fsp3) is 0.263. The highest BCUT2D eigenvalue weighted by Crippen LogP contribution is 2.36. The zero-order valence-corrected chi connectivity index (χ0v) is 15.7. The molecule has 1 N–H and O–H groups in total. The average molecular weight is 391 g/mol. The van der Waals surface area contributed by atoms with Crippen LogP contribution in [0.25, 0.3) is 0 Å². The van der Waals surface area contributed by atoms with E-state index in [1.165, 1.54) is 19.1 Å². The van der Waals surface area contributed by atoms with Gasteiger partial charge in [0, 0.05) is 12.1 Å². The number of nitrogens with zero attached hydrogens (tertiary/aromatic N) is 1. The van der Waals surface area contributed by atoms with Crippen molar-refractivity contribution in [3.63, 3.8) is 0 Å². The van der Waals surface area contributed by atoms with Gasteiger partial charge in [0.05, 0.1) is 43.6 Å². The maximum Gasteiger partial charge on any atom is 0.244 e. The minimum atomic E-state index is -0.386. The molecule has 0 fully saturated rings. The molecule has 0 bridgehead atoms. The predicted octanol–water partition coefficient (Wildman–Crippen LogP) is 3.11. The molecule has 1 heterocycles. The lowest BCUT2D eigenvalue weighted by atomic mass is 10.2. The lowest BCUT2D eigenvalue weighted by Crippen LogP contribution is -2.37. The molecule has 7 nitrogen and oxygen atoms in total. The molecule has 0 saturated heterocycles. The Labute approximate surface area is 161 Å². The quantitative estimate of drug-likeness (QED) is 0.848. The zero-order valence-electron chi connectivity index (χ0n) is 15.0. The van der Waals surface area contributed by atoms with Crippen LogP contribution in [0.5, 0.6) is 17.2 Å². The van der Waals surface area contributed by atoms with Crippen molar-refractivity contribution in [3.8, 4) is 17.2 Å². The summed E-state index contributed by atoms with van der Waals surface area (Å²) in [5.41, 5.74) is 0.964. The van der Waals surface area contributed by atoms with Crippen LogP contribution in [0.2, 0.25) is 5.02 Å². The molecule has 142 valence electrons. The van der Waals surface area contributed by atoms with E-state index in [-0.39, 0.29) is 31.4 Å². The third-order valence-corrected chi connectivity index (χ3v) is 4.38. The van der Waals surface area contributed by atoms with Gasteiger partial charge in [-0.25, -0.2) is 0 Å². The van der Waals surface area contributed by atoms with E-state index in [2.05, 4.69) is 5.32 Å². The largest absolute Gasteiger partial charge is 0.495 e. The number of rotatable bonds is 5. The van der Waals surface area contributed by atoms with Crippen LogP contribution in [0.4, 0.5) is 11.4 Å². The van der Waals surface area contributed by atoms with Gasteiger partial charge in [-0.15, -0.1) is 0 Å². The Balaban J connectivity index is 1.83.